The average molecular weight is 291 g/mol. The Labute approximate surface area is 126 Å². The summed E-state index contributed by atoms with van der Waals surface area (Å²) in [5, 5.41) is 3.34. The first-order chi connectivity index (χ1) is 9.80. The Morgan fingerprint density at radius 3 is 2.38 bits per heavy atom. The van der Waals surface area contributed by atoms with Crippen LogP contribution in [0.5, 0.6) is 0 Å². The first kappa shape index (κ1) is 15.0. The van der Waals surface area contributed by atoms with E-state index in [2.05, 4.69) is 5.32 Å². The third-order valence-corrected chi connectivity index (χ3v) is 4.77. The maximum atomic E-state index is 14.7. The van der Waals surface area contributed by atoms with Crippen LogP contribution in [0.25, 0.3) is 0 Å². The SMILES string of the molecule is CC1(C)OB(c2cccc(CNC3CC3)c2F)OC1(C)C. The van der Waals surface area contributed by atoms with E-state index in [1.807, 2.05) is 39.8 Å². The van der Waals surface area contributed by atoms with E-state index in [4.69, 9.17) is 9.31 Å². The van der Waals surface area contributed by atoms with Gasteiger partial charge in [0.25, 0.3) is 0 Å². The summed E-state index contributed by atoms with van der Waals surface area (Å²) >= 11 is 0. The third kappa shape index (κ3) is 2.87. The highest BCUT2D eigenvalue weighted by atomic mass is 19.1. The zero-order valence-electron chi connectivity index (χ0n) is 13.2. The minimum atomic E-state index is -0.643. The van der Waals surface area contributed by atoms with Crippen LogP contribution in [-0.4, -0.2) is 24.4 Å². The second kappa shape index (κ2) is 5.08. The van der Waals surface area contributed by atoms with Crippen LogP contribution in [0.2, 0.25) is 0 Å². The lowest BCUT2D eigenvalue weighted by Gasteiger charge is -2.32. The standard InChI is InChI=1S/C16H23BFNO2/c1-15(2)16(3,4)21-17(20-15)13-7-5-6-11(14(13)18)10-19-12-8-9-12/h5-7,12,19H,8-10H2,1-4H3. The molecule has 3 rings (SSSR count). The van der Waals surface area contributed by atoms with Crippen LogP contribution in [0.3, 0.4) is 0 Å². The molecule has 0 amide bonds. The highest BCUT2D eigenvalue weighted by Crippen LogP contribution is 2.36. The number of hydrogen-bond acceptors (Lipinski definition) is 3. The Bertz CT molecular complexity index is 527. The quantitative estimate of drug-likeness (QED) is 0.864. The van der Waals surface area contributed by atoms with Crippen molar-refractivity contribution in [3.8, 4) is 0 Å². The molecule has 0 radical (unpaired) electrons. The van der Waals surface area contributed by atoms with Gasteiger partial charge in [0.1, 0.15) is 5.82 Å². The fourth-order valence-electron chi connectivity index (χ4n) is 2.43. The maximum absolute atomic E-state index is 14.7. The van der Waals surface area contributed by atoms with Crippen molar-refractivity contribution in [1.29, 1.82) is 0 Å². The van der Waals surface area contributed by atoms with Gasteiger partial charge in [-0.2, -0.15) is 0 Å². The van der Waals surface area contributed by atoms with E-state index in [0.29, 0.717) is 23.6 Å². The van der Waals surface area contributed by atoms with Crippen LogP contribution in [0.4, 0.5) is 4.39 Å². The van der Waals surface area contributed by atoms with Gasteiger partial charge < -0.3 is 14.6 Å². The van der Waals surface area contributed by atoms with Crippen molar-refractivity contribution in [3.63, 3.8) is 0 Å². The Hall–Kier alpha value is -0.905. The topological polar surface area (TPSA) is 30.5 Å². The third-order valence-electron chi connectivity index (χ3n) is 4.77. The zero-order valence-corrected chi connectivity index (χ0v) is 13.2. The van der Waals surface area contributed by atoms with Crippen molar-refractivity contribution < 1.29 is 13.7 Å². The van der Waals surface area contributed by atoms with Crippen molar-refractivity contribution in [3.05, 3.63) is 29.6 Å². The summed E-state index contributed by atoms with van der Waals surface area (Å²) in [5.41, 5.74) is 0.261. The van der Waals surface area contributed by atoms with Gasteiger partial charge in [0, 0.05) is 23.6 Å². The molecule has 0 unspecified atom stereocenters. The lowest BCUT2D eigenvalue weighted by Crippen LogP contribution is -2.41. The van der Waals surface area contributed by atoms with E-state index in [-0.39, 0.29) is 5.82 Å². The Balaban J connectivity index is 1.80. The predicted molar refractivity (Wildman–Crippen MR) is 82.0 cm³/mol. The van der Waals surface area contributed by atoms with Gasteiger partial charge in [-0.05, 0) is 40.5 Å². The fourth-order valence-corrected chi connectivity index (χ4v) is 2.43. The summed E-state index contributed by atoms with van der Waals surface area (Å²) < 4.78 is 26.6. The Morgan fingerprint density at radius 2 is 1.81 bits per heavy atom. The van der Waals surface area contributed by atoms with Crippen LogP contribution < -0.4 is 10.8 Å². The van der Waals surface area contributed by atoms with Gasteiger partial charge in [0.2, 0.25) is 0 Å². The molecule has 114 valence electrons. The number of nitrogens with one attached hydrogen (secondary N) is 1. The summed E-state index contributed by atoms with van der Waals surface area (Å²) in [4.78, 5) is 0. The minimum Gasteiger partial charge on any atom is -0.399 e. The molecule has 2 fully saturated rings. The normalized spacial score (nSPS) is 23.6. The molecule has 2 aliphatic rings. The molecule has 1 aliphatic heterocycles. The molecule has 0 bridgehead atoms. The summed E-state index contributed by atoms with van der Waals surface area (Å²) in [5.74, 6) is -0.218. The van der Waals surface area contributed by atoms with Crippen molar-refractivity contribution in [2.75, 3.05) is 0 Å². The second-order valence-corrected chi connectivity index (χ2v) is 7.06. The molecule has 1 aromatic rings. The molecule has 1 saturated carbocycles. The largest absolute Gasteiger partial charge is 0.497 e. The van der Waals surface area contributed by atoms with Crippen LogP contribution in [0.15, 0.2) is 18.2 Å². The molecule has 1 saturated heterocycles. The summed E-state index contributed by atoms with van der Waals surface area (Å²) in [6.07, 6.45) is 2.39. The molecular weight excluding hydrogens is 268 g/mol. The van der Waals surface area contributed by atoms with Gasteiger partial charge in [0.05, 0.1) is 11.2 Å². The Kier molecular flexibility index (Phi) is 3.63. The first-order valence-corrected chi connectivity index (χ1v) is 7.66. The second-order valence-electron chi connectivity index (χ2n) is 7.06. The first-order valence-electron chi connectivity index (χ1n) is 7.66. The molecule has 1 heterocycles. The molecule has 3 nitrogen and oxygen atoms in total. The van der Waals surface area contributed by atoms with E-state index < -0.39 is 18.3 Å². The lowest BCUT2D eigenvalue weighted by atomic mass is 9.78. The van der Waals surface area contributed by atoms with Crippen LogP contribution in [-0.2, 0) is 15.9 Å². The van der Waals surface area contributed by atoms with E-state index in [0.717, 1.165) is 0 Å². The molecule has 1 N–H and O–H groups in total. The van der Waals surface area contributed by atoms with E-state index in [9.17, 15) is 4.39 Å². The smallest absolute Gasteiger partial charge is 0.399 e. The summed E-state index contributed by atoms with van der Waals surface area (Å²) in [7, 11) is -0.643. The molecule has 21 heavy (non-hydrogen) atoms. The molecule has 0 atom stereocenters. The minimum absolute atomic E-state index is 0.218. The van der Waals surface area contributed by atoms with E-state index in [1.165, 1.54) is 12.8 Å². The molecule has 0 spiro atoms. The van der Waals surface area contributed by atoms with Crippen LogP contribution in [0, 0.1) is 5.82 Å². The number of hydrogen-bond donors (Lipinski definition) is 1. The molecule has 0 aromatic heterocycles. The number of benzene rings is 1. The highest BCUT2D eigenvalue weighted by Gasteiger charge is 2.52. The highest BCUT2D eigenvalue weighted by molar-refractivity contribution is 6.62. The Morgan fingerprint density at radius 1 is 1.19 bits per heavy atom. The van der Waals surface area contributed by atoms with Gasteiger partial charge in [-0.1, -0.05) is 18.2 Å². The van der Waals surface area contributed by atoms with Crippen molar-refractivity contribution >= 4 is 12.6 Å². The van der Waals surface area contributed by atoms with Gasteiger partial charge in [-0.15, -0.1) is 0 Å². The van der Waals surface area contributed by atoms with Gasteiger partial charge in [0.15, 0.2) is 0 Å². The van der Waals surface area contributed by atoms with Gasteiger partial charge in [-0.25, -0.2) is 4.39 Å². The number of halogens is 1. The fraction of sp³-hybridized carbons (Fsp3) is 0.625. The molecule has 1 aromatic carbocycles. The molecule has 5 heteroatoms. The summed E-state index contributed by atoms with van der Waals surface area (Å²) in [6.45, 7) is 8.46. The monoisotopic (exact) mass is 291 g/mol. The molecule has 1 aliphatic carbocycles. The van der Waals surface area contributed by atoms with Crippen LogP contribution in [0.1, 0.15) is 46.1 Å². The maximum Gasteiger partial charge on any atom is 0.497 e. The van der Waals surface area contributed by atoms with Gasteiger partial charge in [-0.3, -0.25) is 0 Å². The lowest BCUT2D eigenvalue weighted by molar-refractivity contribution is 0.00578. The number of rotatable bonds is 4. The zero-order chi connectivity index (χ0) is 15.3. The summed E-state index contributed by atoms with van der Waals surface area (Å²) in [6, 6.07) is 6.00. The van der Waals surface area contributed by atoms with E-state index >= 15 is 0 Å². The predicted octanol–water partition coefficient (Wildman–Crippen LogP) is 2.38. The average Bonchev–Trinajstić information content (AvgIpc) is 3.16. The van der Waals surface area contributed by atoms with Crippen LogP contribution >= 0.6 is 0 Å². The van der Waals surface area contributed by atoms with Crippen molar-refractivity contribution in [1.82, 2.24) is 5.32 Å². The van der Waals surface area contributed by atoms with Crippen molar-refractivity contribution in [2.24, 2.45) is 0 Å². The van der Waals surface area contributed by atoms with Gasteiger partial charge >= 0.3 is 7.12 Å². The van der Waals surface area contributed by atoms with E-state index in [1.54, 1.807) is 6.07 Å². The van der Waals surface area contributed by atoms with Crippen molar-refractivity contribution in [2.45, 2.75) is 64.3 Å². The molecular formula is C16H23BFNO2.